The van der Waals surface area contributed by atoms with E-state index in [0.717, 1.165) is 64.7 Å². The maximum atomic E-state index is 12.5. The molecule has 1 saturated carbocycles. The molecule has 3 N–H and O–H groups in total. The highest BCUT2D eigenvalue weighted by Crippen LogP contribution is 2.20. The fraction of sp³-hybridized carbons (Fsp3) is 0.895. The number of nitrogens with zero attached hydrogens (tertiary/aromatic N) is 1. The van der Waals surface area contributed by atoms with Crippen LogP contribution in [0.25, 0.3) is 0 Å². The SMILES string of the molecule is CC(C(=O)NC1CCCC1)N1CCCC(CNC(=O)C2CCCN2)C1.Cl. The van der Waals surface area contributed by atoms with E-state index in [1.54, 1.807) is 0 Å². The lowest BCUT2D eigenvalue weighted by atomic mass is 9.96. The predicted octanol–water partition coefficient (Wildman–Crippen LogP) is 1.44. The smallest absolute Gasteiger partial charge is 0.237 e. The molecule has 1 aliphatic carbocycles. The van der Waals surface area contributed by atoms with Crippen LogP contribution >= 0.6 is 12.4 Å². The van der Waals surface area contributed by atoms with Crippen LogP contribution in [0.2, 0.25) is 0 Å². The summed E-state index contributed by atoms with van der Waals surface area (Å²) in [4.78, 5) is 27.0. The van der Waals surface area contributed by atoms with Crippen molar-refractivity contribution in [2.75, 3.05) is 26.2 Å². The van der Waals surface area contributed by atoms with E-state index in [1.807, 2.05) is 6.92 Å². The number of piperidine rings is 1. The van der Waals surface area contributed by atoms with Gasteiger partial charge in [0.25, 0.3) is 0 Å². The largest absolute Gasteiger partial charge is 0.354 e. The van der Waals surface area contributed by atoms with E-state index in [-0.39, 0.29) is 36.3 Å². The molecule has 7 heteroatoms. The molecule has 3 aliphatic rings. The molecule has 0 aromatic rings. The summed E-state index contributed by atoms with van der Waals surface area (Å²) in [6, 6.07) is 0.306. The standard InChI is InChI=1S/C19H34N4O2.ClH/c1-14(18(24)22-16-7-2-3-8-16)23-11-5-6-15(13-23)12-21-19(25)17-9-4-10-20-17;/h14-17,20H,2-13H2,1H3,(H,21,25)(H,22,24);1H. The summed E-state index contributed by atoms with van der Waals surface area (Å²) < 4.78 is 0. The minimum atomic E-state index is -0.0735. The molecule has 0 spiro atoms. The van der Waals surface area contributed by atoms with Crippen molar-refractivity contribution < 1.29 is 9.59 Å². The van der Waals surface area contributed by atoms with Crippen LogP contribution in [0, 0.1) is 5.92 Å². The first kappa shape index (κ1) is 21.5. The third-order valence-corrected chi connectivity index (χ3v) is 6.12. The first-order valence-electron chi connectivity index (χ1n) is 10.2. The molecular formula is C19H35ClN4O2. The van der Waals surface area contributed by atoms with E-state index < -0.39 is 0 Å². The molecule has 2 aliphatic heterocycles. The highest BCUT2D eigenvalue weighted by Gasteiger charge is 2.30. The Labute approximate surface area is 163 Å². The minimum Gasteiger partial charge on any atom is -0.354 e. The Kier molecular flexibility index (Phi) is 8.64. The molecule has 26 heavy (non-hydrogen) atoms. The number of nitrogens with one attached hydrogen (secondary N) is 3. The van der Waals surface area contributed by atoms with Crippen molar-refractivity contribution in [2.24, 2.45) is 5.92 Å². The van der Waals surface area contributed by atoms with Crippen LogP contribution in [0.15, 0.2) is 0 Å². The van der Waals surface area contributed by atoms with Gasteiger partial charge in [-0.1, -0.05) is 12.8 Å². The summed E-state index contributed by atoms with van der Waals surface area (Å²) in [6.07, 6.45) is 8.99. The molecule has 2 heterocycles. The number of likely N-dealkylation sites (tertiary alicyclic amines) is 1. The van der Waals surface area contributed by atoms with Gasteiger partial charge in [-0.15, -0.1) is 12.4 Å². The molecule has 0 bridgehead atoms. The third kappa shape index (κ3) is 5.83. The van der Waals surface area contributed by atoms with Crippen LogP contribution in [0.3, 0.4) is 0 Å². The van der Waals surface area contributed by atoms with E-state index in [1.165, 1.54) is 12.8 Å². The van der Waals surface area contributed by atoms with Crippen LogP contribution in [0.1, 0.15) is 58.3 Å². The number of hydrogen-bond acceptors (Lipinski definition) is 4. The zero-order valence-corrected chi connectivity index (χ0v) is 16.8. The zero-order chi connectivity index (χ0) is 17.6. The number of carbonyl (C=O) groups excluding carboxylic acids is 2. The van der Waals surface area contributed by atoms with E-state index in [0.29, 0.717) is 12.0 Å². The summed E-state index contributed by atoms with van der Waals surface area (Å²) >= 11 is 0. The van der Waals surface area contributed by atoms with Crippen LogP contribution < -0.4 is 16.0 Å². The van der Waals surface area contributed by atoms with Gasteiger partial charge in [-0.25, -0.2) is 0 Å². The van der Waals surface area contributed by atoms with Crippen LogP contribution in [-0.2, 0) is 9.59 Å². The Morgan fingerprint density at radius 3 is 2.58 bits per heavy atom. The predicted molar refractivity (Wildman–Crippen MR) is 105 cm³/mol. The molecular weight excluding hydrogens is 352 g/mol. The van der Waals surface area contributed by atoms with Gasteiger partial charge >= 0.3 is 0 Å². The average molecular weight is 387 g/mol. The highest BCUT2D eigenvalue weighted by atomic mass is 35.5. The van der Waals surface area contributed by atoms with Crippen LogP contribution in [0.5, 0.6) is 0 Å². The molecule has 6 nitrogen and oxygen atoms in total. The van der Waals surface area contributed by atoms with Gasteiger partial charge in [0.05, 0.1) is 12.1 Å². The quantitative estimate of drug-likeness (QED) is 0.645. The molecule has 3 rings (SSSR count). The molecule has 0 aromatic carbocycles. The molecule has 3 unspecified atom stereocenters. The van der Waals surface area contributed by atoms with Gasteiger partial charge in [0, 0.05) is 19.1 Å². The maximum Gasteiger partial charge on any atom is 0.237 e. The highest BCUT2D eigenvalue weighted by molar-refractivity contribution is 5.85. The molecule has 3 atom stereocenters. The topological polar surface area (TPSA) is 73.5 Å². The Morgan fingerprint density at radius 1 is 1.12 bits per heavy atom. The van der Waals surface area contributed by atoms with Gasteiger partial charge in [-0.05, 0) is 64.5 Å². The molecule has 2 amide bonds. The van der Waals surface area contributed by atoms with Crippen molar-refractivity contribution >= 4 is 24.2 Å². The van der Waals surface area contributed by atoms with E-state index in [9.17, 15) is 9.59 Å². The lowest BCUT2D eigenvalue weighted by molar-refractivity contribution is -0.127. The number of amides is 2. The summed E-state index contributed by atoms with van der Waals surface area (Å²) in [5, 5.41) is 9.58. The minimum absolute atomic E-state index is 0. The van der Waals surface area contributed by atoms with Gasteiger partial charge in [0.15, 0.2) is 0 Å². The van der Waals surface area contributed by atoms with E-state index in [4.69, 9.17) is 0 Å². The first-order valence-corrected chi connectivity index (χ1v) is 10.2. The van der Waals surface area contributed by atoms with E-state index in [2.05, 4.69) is 20.9 Å². The second kappa shape index (κ2) is 10.5. The lowest BCUT2D eigenvalue weighted by Crippen LogP contribution is -2.52. The van der Waals surface area contributed by atoms with Crippen molar-refractivity contribution in [3.63, 3.8) is 0 Å². The number of rotatable bonds is 6. The van der Waals surface area contributed by atoms with Crippen molar-refractivity contribution in [2.45, 2.75) is 76.4 Å². The van der Waals surface area contributed by atoms with Gasteiger partial charge < -0.3 is 16.0 Å². The van der Waals surface area contributed by atoms with Crippen molar-refractivity contribution in [3.8, 4) is 0 Å². The van der Waals surface area contributed by atoms with Crippen LogP contribution in [-0.4, -0.2) is 61.0 Å². The fourth-order valence-corrected chi connectivity index (χ4v) is 4.45. The lowest BCUT2D eigenvalue weighted by Gasteiger charge is -2.36. The van der Waals surface area contributed by atoms with Gasteiger partial charge in [0.1, 0.15) is 0 Å². The molecule has 0 aromatic heterocycles. The molecule has 2 saturated heterocycles. The van der Waals surface area contributed by atoms with Crippen molar-refractivity contribution in [3.05, 3.63) is 0 Å². The Bertz CT molecular complexity index is 464. The number of hydrogen-bond donors (Lipinski definition) is 3. The zero-order valence-electron chi connectivity index (χ0n) is 16.0. The monoisotopic (exact) mass is 386 g/mol. The average Bonchev–Trinajstić information content (AvgIpc) is 3.33. The fourth-order valence-electron chi connectivity index (χ4n) is 4.45. The second-order valence-corrected chi connectivity index (χ2v) is 8.06. The van der Waals surface area contributed by atoms with Crippen molar-refractivity contribution in [1.29, 1.82) is 0 Å². The Morgan fingerprint density at radius 2 is 1.88 bits per heavy atom. The second-order valence-electron chi connectivity index (χ2n) is 8.06. The van der Waals surface area contributed by atoms with Gasteiger partial charge in [0.2, 0.25) is 11.8 Å². The summed E-state index contributed by atoms with van der Waals surface area (Å²) in [7, 11) is 0. The van der Waals surface area contributed by atoms with Gasteiger partial charge in [-0.3, -0.25) is 14.5 Å². The number of halogens is 1. The third-order valence-electron chi connectivity index (χ3n) is 6.12. The van der Waals surface area contributed by atoms with Crippen molar-refractivity contribution in [1.82, 2.24) is 20.9 Å². The Balaban J connectivity index is 0.00000243. The molecule has 0 radical (unpaired) electrons. The maximum absolute atomic E-state index is 12.5. The summed E-state index contributed by atoms with van der Waals surface area (Å²) in [6.45, 7) is 5.58. The molecule has 3 fully saturated rings. The van der Waals surface area contributed by atoms with E-state index >= 15 is 0 Å². The van der Waals surface area contributed by atoms with Gasteiger partial charge in [-0.2, -0.15) is 0 Å². The normalized spacial score (nSPS) is 28.3. The number of carbonyl (C=O) groups is 2. The first-order chi connectivity index (χ1) is 12.1. The van der Waals surface area contributed by atoms with Crippen LogP contribution in [0.4, 0.5) is 0 Å². The Hall–Kier alpha value is -0.850. The summed E-state index contributed by atoms with van der Waals surface area (Å²) in [5.74, 6) is 0.759. The summed E-state index contributed by atoms with van der Waals surface area (Å²) in [5.41, 5.74) is 0. The molecule has 150 valence electrons.